The van der Waals surface area contributed by atoms with Crippen LogP contribution in [0.3, 0.4) is 0 Å². The SMILES string of the molecule is COC(=O)c1cn([C@@H]2CCN([C@H](C)C(=O)NC[C@@H]3CCCO3)C2)nn1. The van der Waals surface area contributed by atoms with Gasteiger partial charge in [-0.05, 0) is 26.2 Å². The zero-order chi connectivity index (χ0) is 17.8. The van der Waals surface area contributed by atoms with E-state index in [2.05, 4.69) is 25.3 Å². The Bertz CT molecular complexity index is 613. The van der Waals surface area contributed by atoms with E-state index in [1.165, 1.54) is 7.11 Å². The highest BCUT2D eigenvalue weighted by atomic mass is 16.5. The minimum absolute atomic E-state index is 0.0185. The second kappa shape index (κ2) is 7.92. The second-order valence-corrected chi connectivity index (χ2v) is 6.57. The van der Waals surface area contributed by atoms with E-state index in [9.17, 15) is 9.59 Å². The highest BCUT2D eigenvalue weighted by molar-refractivity contribution is 5.86. The van der Waals surface area contributed by atoms with Crippen LogP contribution in [0.5, 0.6) is 0 Å². The van der Waals surface area contributed by atoms with Crippen molar-refractivity contribution in [3.8, 4) is 0 Å². The van der Waals surface area contributed by atoms with Crippen LogP contribution in [0.25, 0.3) is 0 Å². The van der Waals surface area contributed by atoms with Crippen LogP contribution in [0.15, 0.2) is 6.20 Å². The molecule has 0 radical (unpaired) electrons. The largest absolute Gasteiger partial charge is 0.464 e. The number of carbonyl (C=O) groups excluding carboxylic acids is 2. The van der Waals surface area contributed by atoms with Crippen LogP contribution in [-0.4, -0.2) is 77.3 Å². The summed E-state index contributed by atoms with van der Waals surface area (Å²) in [6.45, 7) is 4.76. The minimum Gasteiger partial charge on any atom is -0.464 e. The maximum Gasteiger partial charge on any atom is 0.360 e. The molecule has 0 saturated carbocycles. The van der Waals surface area contributed by atoms with E-state index >= 15 is 0 Å². The van der Waals surface area contributed by atoms with E-state index in [1.807, 2.05) is 6.92 Å². The van der Waals surface area contributed by atoms with Crippen molar-refractivity contribution >= 4 is 11.9 Å². The Labute approximate surface area is 146 Å². The van der Waals surface area contributed by atoms with Crippen molar-refractivity contribution in [2.75, 3.05) is 33.4 Å². The second-order valence-electron chi connectivity index (χ2n) is 6.57. The average Bonchev–Trinajstić information content (AvgIpc) is 3.38. The summed E-state index contributed by atoms with van der Waals surface area (Å²) in [5, 5.41) is 10.8. The molecule has 2 fully saturated rings. The summed E-state index contributed by atoms with van der Waals surface area (Å²) in [7, 11) is 1.32. The normalized spacial score (nSPS) is 25.0. The fourth-order valence-electron chi connectivity index (χ4n) is 3.32. The number of nitrogens with one attached hydrogen (secondary N) is 1. The van der Waals surface area contributed by atoms with E-state index in [1.54, 1.807) is 10.9 Å². The van der Waals surface area contributed by atoms with Crippen LogP contribution in [0.4, 0.5) is 0 Å². The van der Waals surface area contributed by atoms with Gasteiger partial charge in [0.05, 0.1) is 31.5 Å². The number of aromatic nitrogens is 3. The lowest BCUT2D eigenvalue weighted by molar-refractivity contribution is -0.126. The zero-order valence-electron chi connectivity index (χ0n) is 14.7. The maximum atomic E-state index is 12.4. The first-order chi connectivity index (χ1) is 12.1. The van der Waals surface area contributed by atoms with Crippen molar-refractivity contribution in [3.63, 3.8) is 0 Å². The summed E-state index contributed by atoms with van der Waals surface area (Å²) in [6, 6.07) is -0.116. The molecular weight excluding hydrogens is 326 g/mol. The van der Waals surface area contributed by atoms with Crippen molar-refractivity contribution in [2.24, 2.45) is 0 Å². The summed E-state index contributed by atoms with van der Waals surface area (Å²) >= 11 is 0. The van der Waals surface area contributed by atoms with E-state index in [4.69, 9.17) is 4.74 Å². The first-order valence-corrected chi connectivity index (χ1v) is 8.72. The van der Waals surface area contributed by atoms with E-state index in [-0.39, 0.29) is 29.8 Å². The molecule has 1 N–H and O–H groups in total. The van der Waals surface area contributed by atoms with Gasteiger partial charge < -0.3 is 14.8 Å². The minimum atomic E-state index is -0.497. The van der Waals surface area contributed by atoms with Gasteiger partial charge in [-0.15, -0.1) is 5.10 Å². The Kier molecular flexibility index (Phi) is 5.64. The predicted molar refractivity (Wildman–Crippen MR) is 88.0 cm³/mol. The predicted octanol–water partition coefficient (Wildman–Crippen LogP) is -0.00480. The molecule has 25 heavy (non-hydrogen) atoms. The van der Waals surface area contributed by atoms with Crippen molar-refractivity contribution in [1.82, 2.24) is 25.2 Å². The molecule has 3 rings (SSSR count). The molecule has 1 amide bonds. The molecule has 1 aromatic heterocycles. The topological polar surface area (TPSA) is 98.6 Å². The van der Waals surface area contributed by atoms with Crippen molar-refractivity contribution in [3.05, 3.63) is 11.9 Å². The van der Waals surface area contributed by atoms with E-state index < -0.39 is 5.97 Å². The molecule has 0 aromatic carbocycles. The van der Waals surface area contributed by atoms with Crippen molar-refractivity contribution in [2.45, 2.75) is 44.4 Å². The quantitative estimate of drug-likeness (QED) is 0.720. The monoisotopic (exact) mass is 351 g/mol. The third-order valence-electron chi connectivity index (χ3n) is 4.93. The van der Waals surface area contributed by atoms with Gasteiger partial charge in [0, 0.05) is 26.2 Å². The van der Waals surface area contributed by atoms with Gasteiger partial charge in [-0.3, -0.25) is 9.69 Å². The summed E-state index contributed by atoms with van der Waals surface area (Å²) in [4.78, 5) is 26.0. The third-order valence-corrected chi connectivity index (χ3v) is 4.93. The lowest BCUT2D eigenvalue weighted by Crippen LogP contribution is -2.46. The smallest absolute Gasteiger partial charge is 0.360 e. The van der Waals surface area contributed by atoms with E-state index in [0.29, 0.717) is 13.1 Å². The number of methoxy groups -OCH3 is 1. The Morgan fingerprint density at radius 2 is 2.32 bits per heavy atom. The molecule has 9 heteroatoms. The molecule has 1 aromatic rings. The molecule has 0 bridgehead atoms. The zero-order valence-corrected chi connectivity index (χ0v) is 14.7. The van der Waals surface area contributed by atoms with Gasteiger partial charge in [0.1, 0.15) is 0 Å². The molecule has 0 unspecified atom stereocenters. The number of ether oxygens (including phenoxy) is 2. The summed E-state index contributed by atoms with van der Waals surface area (Å²) in [5.74, 6) is -0.479. The molecule has 138 valence electrons. The standard InChI is InChI=1S/C16H25N5O4/c1-11(15(22)17-8-13-4-3-7-25-13)20-6-5-12(9-20)21-10-14(18-19-21)16(23)24-2/h10-13H,3-9H2,1-2H3,(H,17,22)/t11-,12-,13+/m1/s1. The summed E-state index contributed by atoms with van der Waals surface area (Å²) in [5.41, 5.74) is 0.198. The van der Waals surface area contributed by atoms with Crippen molar-refractivity contribution in [1.29, 1.82) is 0 Å². The lowest BCUT2D eigenvalue weighted by Gasteiger charge is -2.24. The fourth-order valence-corrected chi connectivity index (χ4v) is 3.32. The van der Waals surface area contributed by atoms with Gasteiger partial charge in [-0.25, -0.2) is 9.48 Å². The molecule has 0 spiro atoms. The molecule has 3 atom stereocenters. The van der Waals surface area contributed by atoms with Crippen molar-refractivity contribution < 1.29 is 19.1 Å². The average molecular weight is 351 g/mol. The fraction of sp³-hybridized carbons (Fsp3) is 0.750. The maximum absolute atomic E-state index is 12.4. The molecule has 2 aliphatic rings. The van der Waals surface area contributed by atoms with Gasteiger partial charge in [0.25, 0.3) is 0 Å². The number of amides is 1. The molecule has 2 aliphatic heterocycles. The van der Waals surface area contributed by atoms with Gasteiger partial charge in [0.15, 0.2) is 5.69 Å². The van der Waals surface area contributed by atoms with Crippen LogP contribution < -0.4 is 5.32 Å². The Morgan fingerprint density at radius 3 is 3.04 bits per heavy atom. The molecule has 9 nitrogen and oxygen atoms in total. The Balaban J connectivity index is 1.50. The lowest BCUT2D eigenvalue weighted by atomic mass is 10.2. The first kappa shape index (κ1) is 17.8. The summed E-state index contributed by atoms with van der Waals surface area (Å²) in [6.07, 6.45) is 4.68. The van der Waals surface area contributed by atoms with Gasteiger partial charge in [-0.1, -0.05) is 5.21 Å². The molecule has 0 aliphatic carbocycles. The van der Waals surface area contributed by atoms with Crippen LogP contribution in [-0.2, 0) is 14.3 Å². The van der Waals surface area contributed by atoms with E-state index in [0.717, 1.165) is 32.4 Å². The Morgan fingerprint density at radius 1 is 1.48 bits per heavy atom. The van der Waals surface area contributed by atoms with Crippen LogP contribution >= 0.6 is 0 Å². The first-order valence-electron chi connectivity index (χ1n) is 8.72. The number of carbonyl (C=O) groups is 2. The highest BCUT2D eigenvalue weighted by Gasteiger charge is 2.31. The Hall–Kier alpha value is -2.00. The molecule has 3 heterocycles. The van der Waals surface area contributed by atoms with Crippen LogP contribution in [0.1, 0.15) is 42.7 Å². The number of hydrogen-bond acceptors (Lipinski definition) is 7. The number of rotatable bonds is 6. The molecular formula is C16H25N5O4. The highest BCUT2D eigenvalue weighted by Crippen LogP contribution is 2.23. The number of likely N-dealkylation sites (tertiary alicyclic amines) is 1. The third kappa shape index (κ3) is 4.16. The molecule has 2 saturated heterocycles. The van der Waals surface area contributed by atoms with Gasteiger partial charge >= 0.3 is 5.97 Å². The number of hydrogen-bond donors (Lipinski definition) is 1. The number of nitrogens with zero attached hydrogens (tertiary/aromatic N) is 4. The number of esters is 1. The van der Waals surface area contributed by atoms with Gasteiger partial charge in [0.2, 0.25) is 5.91 Å². The van der Waals surface area contributed by atoms with Crippen LogP contribution in [0, 0.1) is 0 Å². The van der Waals surface area contributed by atoms with Gasteiger partial charge in [-0.2, -0.15) is 0 Å². The van der Waals surface area contributed by atoms with Crippen LogP contribution in [0.2, 0.25) is 0 Å². The summed E-state index contributed by atoms with van der Waals surface area (Å²) < 4.78 is 11.9.